The van der Waals surface area contributed by atoms with Crippen LogP contribution in [-0.2, 0) is 9.47 Å². The molecule has 6 N–H and O–H groups in total. The molecule has 0 aliphatic carbocycles. The van der Waals surface area contributed by atoms with E-state index in [0.717, 1.165) is 30.8 Å². The third-order valence-electron chi connectivity index (χ3n) is 7.88. The number of anilines is 2. The van der Waals surface area contributed by atoms with Crippen molar-refractivity contribution >= 4 is 52.3 Å². The van der Waals surface area contributed by atoms with Gasteiger partial charge in [-0.25, -0.2) is 9.97 Å². The molecule has 3 amide bonds. The van der Waals surface area contributed by atoms with Gasteiger partial charge in [-0.05, 0) is 73.5 Å². The number of nitrogens with zero attached hydrogens (tertiary/aromatic N) is 3. The number of aromatic nitrogens is 2. The Hall–Kier alpha value is -4.94. The molecule has 2 fully saturated rings. The zero-order chi connectivity index (χ0) is 36.5. The number of nitrogens with two attached hydrogens (primary N) is 1. The average Bonchev–Trinajstić information content (AvgIpc) is 3.13. The first-order chi connectivity index (χ1) is 24.5. The van der Waals surface area contributed by atoms with Crippen LogP contribution in [0.15, 0.2) is 60.7 Å². The van der Waals surface area contributed by atoms with Gasteiger partial charge in [0.1, 0.15) is 17.5 Å². The quantitative estimate of drug-likeness (QED) is 0.175. The third-order valence-corrected chi connectivity index (χ3v) is 8.51. The van der Waals surface area contributed by atoms with Gasteiger partial charge in [0, 0.05) is 48.7 Å². The number of carbonyl (C=O) groups is 3. The van der Waals surface area contributed by atoms with Gasteiger partial charge in [-0.3, -0.25) is 14.4 Å². The number of nitriles is 1. The SMILES string of the molecule is Cc1cc(C(=O)Nc2ccc([C@H]3CNCCO3)cc2Cl)cc(C#N)n1.Cc1cc(C(=O)Nc2ccc([C@H]3CNCCO3)cc2Cl)cc(C(N)=O)n1. The number of amides is 3. The molecule has 0 saturated carbocycles. The minimum atomic E-state index is -0.689. The monoisotopic (exact) mass is 730 g/mol. The van der Waals surface area contributed by atoms with Gasteiger partial charge in [0.25, 0.3) is 17.7 Å². The molecule has 15 heteroatoms. The first-order valence-electron chi connectivity index (χ1n) is 16.0. The molecule has 264 valence electrons. The lowest BCUT2D eigenvalue weighted by atomic mass is 10.1. The highest BCUT2D eigenvalue weighted by Gasteiger charge is 2.20. The molecule has 6 rings (SSSR count). The molecular formula is C36H36Cl2N8O5. The molecule has 2 saturated heterocycles. The van der Waals surface area contributed by atoms with Crippen molar-refractivity contribution in [3.05, 3.63) is 116 Å². The van der Waals surface area contributed by atoms with E-state index in [1.165, 1.54) is 12.1 Å². The number of carbonyl (C=O) groups excluding carboxylic acids is 3. The number of aryl methyl sites for hydroxylation is 2. The molecule has 0 spiro atoms. The Morgan fingerprint density at radius 3 is 1.71 bits per heavy atom. The van der Waals surface area contributed by atoms with Crippen LogP contribution in [-0.4, -0.2) is 67.1 Å². The highest BCUT2D eigenvalue weighted by molar-refractivity contribution is 6.34. The zero-order valence-electron chi connectivity index (χ0n) is 27.9. The summed E-state index contributed by atoms with van der Waals surface area (Å²) in [7, 11) is 0. The number of pyridine rings is 2. The molecule has 2 aromatic carbocycles. The fourth-order valence-corrected chi connectivity index (χ4v) is 5.87. The van der Waals surface area contributed by atoms with E-state index in [4.69, 9.17) is 43.7 Å². The van der Waals surface area contributed by atoms with Crippen LogP contribution >= 0.6 is 23.2 Å². The summed E-state index contributed by atoms with van der Waals surface area (Å²) in [5.41, 5.74) is 10.1. The molecule has 2 aromatic heterocycles. The number of hydrogen-bond acceptors (Lipinski definition) is 10. The molecule has 0 bridgehead atoms. The van der Waals surface area contributed by atoms with Gasteiger partial charge < -0.3 is 36.5 Å². The van der Waals surface area contributed by atoms with Gasteiger partial charge in [-0.2, -0.15) is 5.26 Å². The van der Waals surface area contributed by atoms with E-state index < -0.39 is 11.8 Å². The topological polar surface area (TPSA) is 193 Å². The van der Waals surface area contributed by atoms with Gasteiger partial charge in [-0.1, -0.05) is 35.3 Å². The highest BCUT2D eigenvalue weighted by Crippen LogP contribution is 2.30. The van der Waals surface area contributed by atoms with Crippen molar-refractivity contribution in [1.82, 2.24) is 20.6 Å². The smallest absolute Gasteiger partial charge is 0.267 e. The second kappa shape index (κ2) is 17.3. The maximum Gasteiger partial charge on any atom is 0.267 e. The second-order valence-electron chi connectivity index (χ2n) is 11.8. The van der Waals surface area contributed by atoms with Gasteiger partial charge in [0.2, 0.25) is 0 Å². The first-order valence-corrected chi connectivity index (χ1v) is 16.8. The van der Waals surface area contributed by atoms with E-state index in [2.05, 4.69) is 31.2 Å². The lowest BCUT2D eigenvalue weighted by Crippen LogP contribution is -2.33. The van der Waals surface area contributed by atoms with E-state index in [1.807, 2.05) is 18.2 Å². The molecule has 0 unspecified atom stereocenters. The standard InChI is InChI=1S/C18H19ClN4O3.C18H17ClN4O2/c1-10-6-12(8-15(22-10)17(20)24)18(25)23-14-3-2-11(7-13(14)19)16-9-21-4-5-26-16;1-11-6-13(7-14(9-20)22-11)18(24)23-16-3-2-12(8-15(16)19)17-10-21-4-5-25-17/h2-3,6-8,16,21H,4-5,9H2,1H3,(H2,20,24)(H,23,25);2-3,6-8,17,21H,4-5,10H2,1H3,(H,23,24)/t16-;17-/m11/s1. The molecule has 2 atom stereocenters. The summed E-state index contributed by atoms with van der Waals surface area (Å²) < 4.78 is 11.4. The van der Waals surface area contributed by atoms with Crippen LogP contribution in [0.1, 0.15) is 71.6 Å². The molecule has 13 nitrogen and oxygen atoms in total. The van der Waals surface area contributed by atoms with Crippen LogP contribution in [0.4, 0.5) is 11.4 Å². The van der Waals surface area contributed by atoms with Gasteiger partial charge in [0.15, 0.2) is 0 Å². The van der Waals surface area contributed by atoms with Crippen molar-refractivity contribution in [2.75, 3.05) is 50.0 Å². The van der Waals surface area contributed by atoms with E-state index >= 15 is 0 Å². The Morgan fingerprint density at radius 2 is 1.27 bits per heavy atom. The molecule has 4 heterocycles. The fraction of sp³-hybridized carbons (Fsp3) is 0.278. The van der Waals surface area contributed by atoms with E-state index in [-0.39, 0.29) is 35.1 Å². The number of halogens is 2. The van der Waals surface area contributed by atoms with Crippen molar-refractivity contribution in [1.29, 1.82) is 5.26 Å². The van der Waals surface area contributed by atoms with E-state index in [0.29, 0.717) is 58.1 Å². The lowest BCUT2D eigenvalue weighted by Gasteiger charge is -2.24. The minimum absolute atomic E-state index is 0.0403. The first kappa shape index (κ1) is 37.3. The van der Waals surface area contributed by atoms with Crippen molar-refractivity contribution in [3.63, 3.8) is 0 Å². The zero-order valence-corrected chi connectivity index (χ0v) is 29.4. The molecule has 0 radical (unpaired) electrons. The Kier molecular flexibility index (Phi) is 12.7. The minimum Gasteiger partial charge on any atom is -0.371 e. The average molecular weight is 732 g/mol. The van der Waals surface area contributed by atoms with Crippen LogP contribution in [0, 0.1) is 25.2 Å². The van der Waals surface area contributed by atoms with Gasteiger partial charge >= 0.3 is 0 Å². The van der Waals surface area contributed by atoms with Crippen molar-refractivity contribution in [2.24, 2.45) is 5.73 Å². The van der Waals surface area contributed by atoms with Crippen LogP contribution in [0.2, 0.25) is 10.0 Å². The predicted molar refractivity (Wildman–Crippen MR) is 193 cm³/mol. The lowest BCUT2D eigenvalue weighted by molar-refractivity contribution is 0.0276. The molecular weight excluding hydrogens is 695 g/mol. The Balaban J connectivity index is 0.000000198. The fourth-order valence-electron chi connectivity index (χ4n) is 5.40. The van der Waals surface area contributed by atoms with E-state index in [9.17, 15) is 14.4 Å². The van der Waals surface area contributed by atoms with Crippen LogP contribution < -0.4 is 27.0 Å². The normalized spacial score (nSPS) is 16.9. The largest absolute Gasteiger partial charge is 0.371 e. The number of rotatable bonds is 7. The van der Waals surface area contributed by atoms with Crippen molar-refractivity contribution < 1.29 is 23.9 Å². The highest BCUT2D eigenvalue weighted by atomic mass is 35.5. The Labute approximate surface area is 304 Å². The summed E-state index contributed by atoms with van der Waals surface area (Å²) >= 11 is 12.6. The number of nitrogens with one attached hydrogen (secondary N) is 4. The number of primary amides is 1. The van der Waals surface area contributed by atoms with E-state index in [1.54, 1.807) is 50.2 Å². The van der Waals surface area contributed by atoms with Crippen molar-refractivity contribution in [2.45, 2.75) is 26.1 Å². The number of benzene rings is 2. The molecule has 4 aromatic rings. The van der Waals surface area contributed by atoms with Crippen LogP contribution in [0.25, 0.3) is 0 Å². The molecule has 2 aliphatic rings. The van der Waals surface area contributed by atoms with Gasteiger partial charge in [0.05, 0.1) is 46.8 Å². The Morgan fingerprint density at radius 1 is 0.784 bits per heavy atom. The summed E-state index contributed by atoms with van der Waals surface area (Å²) in [4.78, 5) is 44.3. The summed E-state index contributed by atoms with van der Waals surface area (Å²) in [5, 5.41) is 21.9. The summed E-state index contributed by atoms with van der Waals surface area (Å²) in [5.74, 6) is -1.43. The third kappa shape index (κ3) is 10.1. The van der Waals surface area contributed by atoms with Crippen LogP contribution in [0.3, 0.4) is 0 Å². The maximum absolute atomic E-state index is 12.5. The maximum atomic E-state index is 12.5. The summed E-state index contributed by atoms with van der Waals surface area (Å²) in [6.07, 6.45) is -0.107. The molecule has 51 heavy (non-hydrogen) atoms. The second-order valence-corrected chi connectivity index (χ2v) is 12.6. The number of ether oxygens (including phenoxy) is 2. The molecule has 2 aliphatic heterocycles. The van der Waals surface area contributed by atoms with Crippen molar-refractivity contribution in [3.8, 4) is 6.07 Å². The Bertz CT molecular complexity index is 1970. The number of morpholine rings is 2. The summed E-state index contributed by atoms with van der Waals surface area (Å²) in [6.45, 7) is 7.84. The van der Waals surface area contributed by atoms with Crippen LogP contribution in [0.5, 0.6) is 0 Å². The number of hydrogen-bond donors (Lipinski definition) is 5. The summed E-state index contributed by atoms with van der Waals surface area (Å²) in [6, 6.07) is 18.8. The van der Waals surface area contributed by atoms with Gasteiger partial charge in [-0.15, -0.1) is 0 Å². The predicted octanol–water partition coefficient (Wildman–Crippen LogP) is 4.88.